The lowest BCUT2D eigenvalue weighted by Crippen LogP contribution is -2.54. The fraction of sp³-hybridized carbons (Fsp3) is 0.364. The van der Waals surface area contributed by atoms with E-state index in [-0.39, 0.29) is 11.8 Å². The van der Waals surface area contributed by atoms with Crippen LogP contribution in [0.5, 0.6) is 0 Å². The molecule has 1 saturated heterocycles. The predicted molar refractivity (Wildman–Crippen MR) is 110 cm³/mol. The molecular formula is C22H23N5O4. The van der Waals surface area contributed by atoms with Crippen LogP contribution in [0.4, 0.5) is 5.69 Å². The summed E-state index contributed by atoms with van der Waals surface area (Å²) in [5.74, 6) is 1.05. The number of hydrogen-bond donors (Lipinski definition) is 1. The van der Waals surface area contributed by atoms with Gasteiger partial charge in [0.05, 0.1) is 6.54 Å². The van der Waals surface area contributed by atoms with Crippen LogP contribution in [0.2, 0.25) is 0 Å². The Morgan fingerprint density at radius 3 is 2.68 bits per heavy atom. The summed E-state index contributed by atoms with van der Waals surface area (Å²) in [5, 5.41) is 6.76. The van der Waals surface area contributed by atoms with Gasteiger partial charge in [-0.05, 0) is 19.1 Å². The highest BCUT2D eigenvalue weighted by Gasteiger charge is 2.47. The smallest absolute Gasteiger partial charge is 0.276 e. The van der Waals surface area contributed by atoms with Crippen molar-refractivity contribution in [2.75, 3.05) is 18.4 Å². The van der Waals surface area contributed by atoms with Gasteiger partial charge in [-0.2, -0.15) is 0 Å². The third kappa shape index (κ3) is 3.61. The van der Waals surface area contributed by atoms with Crippen molar-refractivity contribution < 1.29 is 18.8 Å². The molecule has 9 nitrogen and oxygen atoms in total. The van der Waals surface area contributed by atoms with Crippen molar-refractivity contribution in [2.24, 2.45) is 0 Å². The molecule has 2 amide bonds. The van der Waals surface area contributed by atoms with Crippen molar-refractivity contribution in [1.29, 1.82) is 0 Å². The summed E-state index contributed by atoms with van der Waals surface area (Å²) in [6.45, 7) is 3.11. The molecule has 0 saturated carbocycles. The minimum atomic E-state index is -0.711. The van der Waals surface area contributed by atoms with Gasteiger partial charge in [0.25, 0.3) is 11.8 Å². The molecule has 2 aliphatic rings. The number of carbonyl (C=O) groups is 2. The maximum Gasteiger partial charge on any atom is 0.276 e. The lowest BCUT2D eigenvalue weighted by molar-refractivity contribution is -0.168. The number of amides is 2. The highest BCUT2D eigenvalue weighted by atomic mass is 16.5. The van der Waals surface area contributed by atoms with E-state index >= 15 is 0 Å². The van der Waals surface area contributed by atoms with Crippen LogP contribution in [0.25, 0.3) is 0 Å². The standard InChI is InChI=1S/C22H23N5O4/c1-15-13-17(25-31-15)20(29)26-10-7-22(8-11-26)21-23-9-12-27(21)14-18(30-22)19(28)24-16-5-3-2-4-6-16/h2-6,9,12-13,18H,7-8,10-11,14H2,1H3,(H,24,28)/t18-/m0/s1. The summed E-state index contributed by atoms with van der Waals surface area (Å²) in [5.41, 5.74) is 0.321. The van der Waals surface area contributed by atoms with Gasteiger partial charge in [-0.3, -0.25) is 9.59 Å². The number of piperidine rings is 1. The van der Waals surface area contributed by atoms with E-state index in [1.807, 2.05) is 41.1 Å². The second-order valence-electron chi connectivity index (χ2n) is 7.97. The molecule has 0 bridgehead atoms. The summed E-state index contributed by atoms with van der Waals surface area (Å²) in [4.78, 5) is 31.9. The molecule has 3 aromatic rings. The Morgan fingerprint density at radius 1 is 1.19 bits per heavy atom. The monoisotopic (exact) mass is 421 g/mol. The fourth-order valence-corrected chi connectivity index (χ4v) is 4.32. The van der Waals surface area contributed by atoms with E-state index in [0.717, 1.165) is 11.5 Å². The van der Waals surface area contributed by atoms with E-state index in [1.165, 1.54) is 0 Å². The number of rotatable bonds is 3. The minimum absolute atomic E-state index is 0.163. The fourth-order valence-electron chi connectivity index (χ4n) is 4.32. The van der Waals surface area contributed by atoms with Gasteiger partial charge in [-0.15, -0.1) is 0 Å². The lowest BCUT2D eigenvalue weighted by Gasteiger charge is -2.45. The number of benzene rings is 1. The highest BCUT2D eigenvalue weighted by molar-refractivity contribution is 5.94. The Bertz CT molecular complexity index is 1100. The Hall–Kier alpha value is -3.46. The molecule has 0 unspecified atom stereocenters. The lowest BCUT2D eigenvalue weighted by atomic mass is 9.88. The molecular weight excluding hydrogens is 398 g/mol. The van der Waals surface area contributed by atoms with Gasteiger partial charge < -0.3 is 24.0 Å². The zero-order chi connectivity index (χ0) is 21.4. The predicted octanol–water partition coefficient (Wildman–Crippen LogP) is 2.35. The molecule has 9 heteroatoms. The average molecular weight is 421 g/mol. The van der Waals surface area contributed by atoms with Crippen molar-refractivity contribution in [2.45, 2.75) is 38.0 Å². The SMILES string of the molecule is Cc1cc(C(=O)N2CCC3(CC2)O[C@H](C(=O)Nc2ccccc2)Cn2ccnc23)no1. The van der Waals surface area contributed by atoms with E-state index in [1.54, 1.807) is 24.1 Å². The Kier molecular flexibility index (Phi) is 4.82. The van der Waals surface area contributed by atoms with Gasteiger partial charge in [0.15, 0.2) is 11.8 Å². The topological polar surface area (TPSA) is 102 Å². The number of ether oxygens (including phenoxy) is 1. The molecule has 1 N–H and O–H groups in total. The number of para-hydroxylation sites is 1. The van der Waals surface area contributed by atoms with Crippen LogP contribution in [-0.2, 0) is 21.7 Å². The van der Waals surface area contributed by atoms with E-state index in [4.69, 9.17) is 9.26 Å². The van der Waals surface area contributed by atoms with Crippen molar-refractivity contribution in [3.05, 3.63) is 66.1 Å². The average Bonchev–Trinajstić information content (AvgIpc) is 3.44. The molecule has 1 fully saturated rings. The number of imidazole rings is 1. The van der Waals surface area contributed by atoms with Gasteiger partial charge in [0.2, 0.25) is 0 Å². The largest absolute Gasteiger partial charge is 0.361 e. The number of aryl methyl sites for hydroxylation is 1. The Morgan fingerprint density at radius 2 is 1.97 bits per heavy atom. The van der Waals surface area contributed by atoms with E-state index < -0.39 is 11.7 Å². The van der Waals surface area contributed by atoms with Crippen LogP contribution in [0, 0.1) is 6.92 Å². The molecule has 5 rings (SSSR count). The van der Waals surface area contributed by atoms with E-state index in [0.29, 0.717) is 43.9 Å². The van der Waals surface area contributed by atoms with Crippen LogP contribution < -0.4 is 5.32 Å². The number of aromatic nitrogens is 3. The van der Waals surface area contributed by atoms with Crippen LogP contribution in [0.15, 0.2) is 53.3 Å². The second kappa shape index (κ2) is 7.66. The molecule has 160 valence electrons. The van der Waals surface area contributed by atoms with Gasteiger partial charge in [-0.1, -0.05) is 23.4 Å². The van der Waals surface area contributed by atoms with Crippen LogP contribution in [0.1, 0.15) is 34.9 Å². The van der Waals surface area contributed by atoms with Crippen LogP contribution in [-0.4, -0.2) is 50.6 Å². The Balaban J connectivity index is 1.33. The first-order chi connectivity index (χ1) is 15.0. The normalized spacial score (nSPS) is 19.8. The number of likely N-dealkylation sites (tertiary alicyclic amines) is 1. The Labute approximate surface area is 179 Å². The number of nitrogens with zero attached hydrogens (tertiary/aromatic N) is 4. The molecule has 1 atom stereocenters. The quantitative estimate of drug-likeness (QED) is 0.696. The molecule has 2 aromatic heterocycles. The number of hydrogen-bond acceptors (Lipinski definition) is 6. The van der Waals surface area contributed by atoms with Gasteiger partial charge in [0.1, 0.15) is 17.2 Å². The summed E-state index contributed by atoms with van der Waals surface area (Å²) in [6.07, 6.45) is 4.04. The third-order valence-electron chi connectivity index (χ3n) is 5.89. The minimum Gasteiger partial charge on any atom is -0.361 e. The first-order valence-electron chi connectivity index (χ1n) is 10.3. The molecule has 0 aliphatic carbocycles. The van der Waals surface area contributed by atoms with Crippen LogP contribution in [0.3, 0.4) is 0 Å². The van der Waals surface area contributed by atoms with Crippen molar-refractivity contribution >= 4 is 17.5 Å². The van der Waals surface area contributed by atoms with Crippen molar-refractivity contribution in [3.8, 4) is 0 Å². The van der Waals surface area contributed by atoms with Crippen molar-refractivity contribution in [1.82, 2.24) is 19.6 Å². The number of carbonyl (C=O) groups excluding carboxylic acids is 2. The molecule has 1 spiro atoms. The zero-order valence-corrected chi connectivity index (χ0v) is 17.2. The first-order valence-corrected chi connectivity index (χ1v) is 10.3. The van der Waals surface area contributed by atoms with E-state index in [9.17, 15) is 9.59 Å². The maximum absolute atomic E-state index is 12.9. The number of nitrogens with one attached hydrogen (secondary N) is 1. The zero-order valence-electron chi connectivity index (χ0n) is 17.2. The highest BCUT2D eigenvalue weighted by Crippen LogP contribution is 2.40. The van der Waals surface area contributed by atoms with E-state index in [2.05, 4.69) is 15.5 Å². The van der Waals surface area contributed by atoms with Gasteiger partial charge >= 0.3 is 0 Å². The second-order valence-corrected chi connectivity index (χ2v) is 7.97. The summed E-state index contributed by atoms with van der Waals surface area (Å²) in [7, 11) is 0. The van der Waals surface area contributed by atoms with Crippen molar-refractivity contribution in [3.63, 3.8) is 0 Å². The summed E-state index contributed by atoms with van der Waals surface area (Å²) >= 11 is 0. The molecule has 4 heterocycles. The van der Waals surface area contributed by atoms with Gasteiger partial charge in [-0.25, -0.2) is 4.98 Å². The van der Waals surface area contributed by atoms with Gasteiger partial charge in [0, 0.05) is 50.1 Å². The van der Waals surface area contributed by atoms with Crippen LogP contribution >= 0.6 is 0 Å². The maximum atomic E-state index is 12.9. The molecule has 2 aliphatic heterocycles. The number of anilines is 1. The number of fused-ring (bicyclic) bond motifs is 2. The molecule has 0 radical (unpaired) electrons. The molecule has 31 heavy (non-hydrogen) atoms. The third-order valence-corrected chi connectivity index (χ3v) is 5.89. The summed E-state index contributed by atoms with van der Waals surface area (Å²) < 4.78 is 13.4. The summed E-state index contributed by atoms with van der Waals surface area (Å²) in [6, 6.07) is 11.0. The molecule has 1 aromatic carbocycles. The first kappa shape index (κ1) is 19.5.